The Hall–Kier alpha value is -8.68. The highest BCUT2D eigenvalue weighted by Crippen LogP contribution is 2.43. The smallest absolute Gasteiger partial charge is 0.296 e. The van der Waals surface area contributed by atoms with Gasteiger partial charge in [0.15, 0.2) is 24.0 Å². The molecule has 0 radical (unpaired) electrons. The zero-order valence-corrected chi connectivity index (χ0v) is 44.9. The zero-order chi connectivity index (χ0) is 57.4. The molecule has 0 aliphatic carbocycles. The summed E-state index contributed by atoms with van der Waals surface area (Å²) in [5, 5.41) is 57.5. The maximum absolute atomic E-state index is 12.6. The quantitative estimate of drug-likeness (QED) is 0.0253. The van der Waals surface area contributed by atoms with E-state index in [1.54, 1.807) is 82.3 Å². The van der Waals surface area contributed by atoms with E-state index in [4.69, 9.17) is 9.47 Å². The third-order valence-corrected chi connectivity index (χ3v) is 15.2. The Bertz CT molecular complexity index is 4420. The maximum atomic E-state index is 12.6. The maximum Gasteiger partial charge on any atom is 0.296 e. The highest BCUT2D eigenvalue weighted by Gasteiger charge is 2.26. The Kier molecular flexibility index (Phi) is 15.7. The number of phenolic OH excluding ortho intramolecular Hbond substituents is 2. The van der Waals surface area contributed by atoms with Crippen LogP contribution >= 0.6 is 0 Å². The van der Waals surface area contributed by atoms with E-state index in [9.17, 15) is 62.1 Å². The number of phenols is 2. The molecule has 8 aromatic carbocycles. The lowest BCUT2D eigenvalue weighted by molar-refractivity contribution is 0.336. The third-order valence-electron chi connectivity index (χ3n) is 11.8. The van der Waals surface area contributed by atoms with Crippen LogP contribution in [0.5, 0.6) is 23.0 Å². The monoisotopic (exact) mass is 1150 g/mol. The van der Waals surface area contributed by atoms with Crippen LogP contribution in [-0.4, -0.2) is 75.9 Å². The number of hydrogen-bond acceptors (Lipinski definition) is 21. The van der Waals surface area contributed by atoms with Crippen LogP contribution in [0.2, 0.25) is 0 Å². The Morgan fingerprint density at radius 3 is 1.53 bits per heavy atom. The number of nitrogens with zero attached hydrogens (tertiary/aromatic N) is 8. The van der Waals surface area contributed by atoms with Gasteiger partial charge in [-0.1, -0.05) is 0 Å². The fourth-order valence-electron chi connectivity index (χ4n) is 7.74. The van der Waals surface area contributed by atoms with E-state index < -0.39 is 88.0 Å². The van der Waals surface area contributed by atoms with Crippen molar-refractivity contribution in [1.29, 1.82) is 0 Å². The van der Waals surface area contributed by atoms with E-state index in [1.165, 1.54) is 37.4 Å². The van der Waals surface area contributed by atoms with Crippen LogP contribution in [0, 0.1) is 27.7 Å². The molecule has 0 heterocycles. The summed E-state index contributed by atoms with van der Waals surface area (Å²) in [6, 6.07) is 26.0. The summed E-state index contributed by atoms with van der Waals surface area (Å²) < 4.78 is 148. The minimum atomic E-state index is -5.15. The summed E-state index contributed by atoms with van der Waals surface area (Å²) in [4.78, 5) is -3.55. The second-order valence-corrected chi connectivity index (χ2v) is 22.9. The second kappa shape index (κ2) is 22.0. The average molecular weight is 1150 g/mol. The van der Waals surface area contributed by atoms with E-state index in [1.807, 2.05) is 0 Å². The normalized spacial score (nSPS) is 12.7. The number of ether oxygens (including phenoxy) is 2. The van der Waals surface area contributed by atoms with Crippen LogP contribution in [0.1, 0.15) is 22.3 Å². The van der Waals surface area contributed by atoms with Gasteiger partial charge in [-0.05, 0) is 170 Å². The number of rotatable bonds is 17. The predicted octanol–water partition coefficient (Wildman–Crippen LogP) is 12.7. The highest BCUT2D eigenvalue weighted by molar-refractivity contribution is 7.87. The minimum absolute atomic E-state index is 0.0341. The first-order valence-electron chi connectivity index (χ1n) is 22.6. The SMILES string of the molecule is COc1cc(OCNc2ccc3c(O)c(N=Nc4cc(C)c(N=Nc5ccc(N=Nc6ccc(N=Nc7cc8c(S(=O)(=O)O)cc(S(=O)(=O)O)cc8cc7S(=O)(=O)O)c(C)c6)c(C)c5)cc4C)c(S(=O)(=O)O)cc3c2)ccc1O. The van der Waals surface area contributed by atoms with Crippen LogP contribution in [0.3, 0.4) is 0 Å². The fraction of sp³-hybridized carbons (Fsp3) is 0.120. The van der Waals surface area contributed by atoms with Gasteiger partial charge in [-0.25, -0.2) is 0 Å². The van der Waals surface area contributed by atoms with Crippen molar-refractivity contribution in [3.63, 3.8) is 0 Å². The molecule has 0 atom stereocenters. The molecule has 0 aromatic heterocycles. The lowest BCUT2D eigenvalue weighted by Crippen LogP contribution is -2.08. The van der Waals surface area contributed by atoms with Crippen molar-refractivity contribution >= 4 is 113 Å². The van der Waals surface area contributed by atoms with Crippen LogP contribution in [0.15, 0.2) is 176 Å². The number of benzene rings is 8. The Labute approximate surface area is 450 Å². The molecule has 0 fully saturated rings. The molecule has 25 nitrogen and oxygen atoms in total. The fourth-order valence-corrected chi connectivity index (χ4v) is 10.4. The molecular formula is C50H43N9O16S4. The van der Waals surface area contributed by atoms with Gasteiger partial charge in [0.1, 0.15) is 31.8 Å². The third kappa shape index (κ3) is 13.0. The molecule has 0 spiro atoms. The number of anilines is 1. The van der Waals surface area contributed by atoms with E-state index in [0.717, 1.165) is 18.2 Å². The molecule has 8 rings (SSSR count). The molecule has 29 heteroatoms. The molecule has 0 bridgehead atoms. The molecular weight excluding hydrogens is 1110 g/mol. The molecule has 7 N–H and O–H groups in total. The largest absolute Gasteiger partial charge is 0.505 e. The lowest BCUT2D eigenvalue weighted by atomic mass is 10.1. The minimum Gasteiger partial charge on any atom is -0.505 e. The summed E-state index contributed by atoms with van der Waals surface area (Å²) in [7, 11) is -18.8. The van der Waals surface area contributed by atoms with Gasteiger partial charge in [0.25, 0.3) is 40.5 Å². The molecule has 0 saturated carbocycles. The molecule has 408 valence electrons. The number of methoxy groups -OCH3 is 1. The summed E-state index contributed by atoms with van der Waals surface area (Å²) in [5.74, 6) is 0.0136. The summed E-state index contributed by atoms with van der Waals surface area (Å²) >= 11 is 0. The number of fused-ring (bicyclic) bond motifs is 2. The molecule has 0 saturated heterocycles. The number of nitrogens with one attached hydrogen (secondary N) is 1. The summed E-state index contributed by atoms with van der Waals surface area (Å²) in [6.07, 6.45) is 0. The van der Waals surface area contributed by atoms with E-state index in [0.29, 0.717) is 74.3 Å². The van der Waals surface area contributed by atoms with Crippen molar-refractivity contribution in [2.24, 2.45) is 40.9 Å². The standard InChI is InChI=1S/C50H43N9O16S4/c1-26-14-34(7-11-39(26)54-52-33-8-12-40(27(2)15-33)55-58-43-24-38-31(20-47(43)78(68,69)70)19-36(76(62,63)64)23-46(38)77(65,66)67)53-56-41-16-29(4)42(17-28(41)3)57-59-49-48(79(71,72)73)21-30-18-32(6-10-37(30)50(49)61)51-25-75-35-9-13-44(60)45(22-35)74-5/h6-24,51,60-61H,25H2,1-5H3,(H,62,63,64)(H,65,66,67)(H,68,69,70)(H,71,72,73). The average Bonchev–Trinajstić information content (AvgIpc) is 3.37. The van der Waals surface area contributed by atoms with Crippen molar-refractivity contribution in [3.05, 3.63) is 138 Å². The van der Waals surface area contributed by atoms with Crippen LogP contribution in [0.4, 0.5) is 51.2 Å². The molecule has 79 heavy (non-hydrogen) atoms. The van der Waals surface area contributed by atoms with Gasteiger partial charge in [-0.2, -0.15) is 64.4 Å². The van der Waals surface area contributed by atoms with Crippen molar-refractivity contribution in [1.82, 2.24) is 0 Å². The molecule has 0 aliphatic rings. The van der Waals surface area contributed by atoms with Gasteiger partial charge < -0.3 is 25.0 Å². The van der Waals surface area contributed by atoms with Gasteiger partial charge in [-0.15, -0.1) is 10.2 Å². The highest BCUT2D eigenvalue weighted by atomic mass is 32.2. The number of hydrogen-bond donors (Lipinski definition) is 7. The zero-order valence-electron chi connectivity index (χ0n) is 41.7. The van der Waals surface area contributed by atoms with Crippen molar-refractivity contribution in [3.8, 4) is 23.0 Å². The first-order valence-corrected chi connectivity index (χ1v) is 28.4. The van der Waals surface area contributed by atoms with Crippen LogP contribution in [0.25, 0.3) is 21.5 Å². The molecule has 0 aliphatic heterocycles. The van der Waals surface area contributed by atoms with Gasteiger partial charge in [-0.3, -0.25) is 18.2 Å². The number of azo groups is 4. The first kappa shape index (κ1) is 56.5. The Morgan fingerprint density at radius 2 is 0.975 bits per heavy atom. The first-order chi connectivity index (χ1) is 37.1. The second-order valence-electron chi connectivity index (χ2n) is 17.3. The van der Waals surface area contributed by atoms with E-state index in [-0.39, 0.29) is 34.7 Å². The van der Waals surface area contributed by atoms with E-state index >= 15 is 0 Å². The topological polar surface area (TPSA) is 387 Å². The molecule has 0 amide bonds. The number of aryl methyl sites for hydroxylation is 4. The van der Waals surface area contributed by atoms with Crippen LogP contribution in [-0.2, 0) is 40.5 Å². The van der Waals surface area contributed by atoms with Gasteiger partial charge in [0.2, 0.25) is 0 Å². The van der Waals surface area contributed by atoms with Crippen LogP contribution < -0.4 is 14.8 Å². The van der Waals surface area contributed by atoms with Crippen molar-refractivity contribution in [2.45, 2.75) is 47.3 Å². The summed E-state index contributed by atoms with van der Waals surface area (Å²) in [5.41, 5.74) is 4.05. The molecule has 8 aromatic rings. The van der Waals surface area contributed by atoms with Gasteiger partial charge in [0, 0.05) is 22.5 Å². The van der Waals surface area contributed by atoms with Gasteiger partial charge in [0.05, 0.1) is 46.1 Å². The Morgan fingerprint density at radius 1 is 0.456 bits per heavy atom. The van der Waals surface area contributed by atoms with Crippen molar-refractivity contribution < 1.29 is 71.6 Å². The Balaban J connectivity index is 0.953. The predicted molar refractivity (Wildman–Crippen MR) is 288 cm³/mol. The molecule has 0 unspecified atom stereocenters. The van der Waals surface area contributed by atoms with E-state index in [2.05, 4.69) is 46.2 Å². The number of aromatic hydroxyl groups is 2. The van der Waals surface area contributed by atoms with Gasteiger partial charge >= 0.3 is 0 Å². The summed E-state index contributed by atoms with van der Waals surface area (Å²) in [6.45, 7) is 6.84. The van der Waals surface area contributed by atoms with Crippen molar-refractivity contribution in [2.75, 3.05) is 19.2 Å². The lowest BCUT2D eigenvalue weighted by Gasteiger charge is -2.13.